The van der Waals surface area contributed by atoms with Gasteiger partial charge in [0.1, 0.15) is 18.1 Å². The maximum absolute atomic E-state index is 12.8. The molecule has 0 unspecified atom stereocenters. The Bertz CT molecular complexity index is 1740. The zero-order chi connectivity index (χ0) is 37.4. The van der Waals surface area contributed by atoms with Crippen LogP contribution in [0.1, 0.15) is 59.8 Å². The van der Waals surface area contributed by atoms with E-state index in [0.29, 0.717) is 17.1 Å². The molecule has 0 atom stereocenters. The van der Waals surface area contributed by atoms with Crippen molar-refractivity contribution in [3.8, 4) is 11.5 Å². The van der Waals surface area contributed by atoms with Crippen LogP contribution in [0.4, 0.5) is 24.5 Å². The molecular weight excluding hydrogens is 728 g/mol. The van der Waals surface area contributed by atoms with E-state index in [4.69, 9.17) is 4.74 Å². The fraction of sp³-hybridized carbons (Fsp3) is 0.350. The van der Waals surface area contributed by atoms with Crippen molar-refractivity contribution in [1.82, 2.24) is 9.80 Å². The Morgan fingerprint density at radius 3 is 1.78 bits per heavy atom. The third-order valence-electron chi connectivity index (χ3n) is 7.68. The summed E-state index contributed by atoms with van der Waals surface area (Å²) in [5, 5.41) is 10.4. The van der Waals surface area contributed by atoms with Gasteiger partial charge in [0.05, 0.1) is 29.6 Å². The van der Waals surface area contributed by atoms with Crippen LogP contribution in [-0.4, -0.2) is 54.8 Å². The van der Waals surface area contributed by atoms with Gasteiger partial charge in [0.25, 0.3) is 0 Å². The maximum Gasteiger partial charge on any atom is 1.00 e. The fourth-order valence-corrected chi connectivity index (χ4v) is 4.62. The fourth-order valence-electron chi connectivity index (χ4n) is 4.27. The summed E-state index contributed by atoms with van der Waals surface area (Å²) in [5.41, 5.74) is 7.89. The van der Waals surface area contributed by atoms with Crippen molar-refractivity contribution in [2.45, 2.75) is 66.6 Å². The Hall–Kier alpha value is -3.31. The smallest absolute Gasteiger partial charge is 1.00 e. The van der Waals surface area contributed by atoms with Crippen LogP contribution < -0.4 is 34.3 Å². The normalized spacial score (nSPS) is 10.9. The minimum Gasteiger partial charge on any atom is -1.00 e. The van der Waals surface area contributed by atoms with E-state index in [1.807, 2.05) is 76.7 Å². The van der Waals surface area contributed by atoms with E-state index in [9.17, 15) is 18.3 Å². The average Bonchev–Trinajstić information content (AvgIpc) is 3.08. The molecule has 0 spiro atoms. The quantitative estimate of drug-likeness (QED) is 0.0765. The van der Waals surface area contributed by atoms with E-state index in [0.717, 1.165) is 64.2 Å². The van der Waals surface area contributed by atoms with Gasteiger partial charge in [-0.05, 0) is 118 Å². The molecule has 1 N–H and O–H groups in total. The van der Waals surface area contributed by atoms with Crippen LogP contribution in [-0.2, 0) is 18.1 Å². The monoisotopic (exact) mass is 778 g/mol. The van der Waals surface area contributed by atoms with E-state index < -0.39 is 11.7 Å². The molecule has 4 aromatic rings. The Morgan fingerprint density at radius 2 is 1.27 bits per heavy atom. The summed E-state index contributed by atoms with van der Waals surface area (Å²) >= 11 is 3.39. The molecule has 0 aliphatic rings. The number of alkyl halides is 4. The van der Waals surface area contributed by atoms with Crippen molar-refractivity contribution in [1.29, 1.82) is 0 Å². The van der Waals surface area contributed by atoms with Crippen molar-refractivity contribution in [2.24, 2.45) is 9.98 Å². The van der Waals surface area contributed by atoms with Crippen molar-refractivity contribution in [3.05, 3.63) is 117 Å². The number of phenolic OH excluding ortho intramolecular Hbond substituents is 1. The van der Waals surface area contributed by atoms with Gasteiger partial charge in [-0.25, -0.2) is 9.98 Å². The summed E-state index contributed by atoms with van der Waals surface area (Å²) in [7, 11) is 3.92. The van der Waals surface area contributed by atoms with Crippen molar-refractivity contribution >= 4 is 40.0 Å². The number of benzene rings is 4. The molecule has 0 aliphatic heterocycles. The summed E-state index contributed by atoms with van der Waals surface area (Å²) in [6.07, 6.45) is -0.780. The van der Waals surface area contributed by atoms with E-state index in [-0.39, 0.29) is 37.6 Å². The van der Waals surface area contributed by atoms with E-state index in [1.165, 1.54) is 17.2 Å². The molecular formula is C40H51BrF3N4NaO2. The molecule has 0 heterocycles. The third kappa shape index (κ3) is 16.3. The van der Waals surface area contributed by atoms with Crippen LogP contribution in [0, 0.1) is 34.6 Å². The molecule has 0 saturated heterocycles. The van der Waals surface area contributed by atoms with Crippen LogP contribution in [0.5, 0.6) is 11.5 Å². The first-order valence-corrected chi connectivity index (χ1v) is 17.5. The number of rotatable bonds is 10. The van der Waals surface area contributed by atoms with Gasteiger partial charge in [0.15, 0.2) is 0 Å². The molecule has 0 aromatic heterocycles. The molecule has 0 fully saturated rings. The second-order valence-corrected chi connectivity index (χ2v) is 12.6. The van der Waals surface area contributed by atoms with E-state index in [1.54, 1.807) is 24.8 Å². The SMILES string of the molecule is CCN(C)C=Nc1cc(C)c(O)cc1C.CCN(C)C=Nc1cc(C)c(OCc2cccc(C(F)(F)F)c2)cc1C.Cc1cccc(CBr)c1.[H-].[Na+]. The van der Waals surface area contributed by atoms with Gasteiger partial charge in [-0.1, -0.05) is 57.9 Å². The molecule has 6 nitrogen and oxygen atoms in total. The predicted octanol–water partition coefficient (Wildman–Crippen LogP) is 8.14. The Kier molecular flexibility index (Phi) is 20.2. The van der Waals surface area contributed by atoms with Crippen LogP contribution in [0.15, 0.2) is 82.8 Å². The van der Waals surface area contributed by atoms with E-state index in [2.05, 4.69) is 64.0 Å². The zero-order valence-corrected chi connectivity index (χ0v) is 35.2. The van der Waals surface area contributed by atoms with Gasteiger partial charge in [-0.15, -0.1) is 0 Å². The molecule has 0 aliphatic carbocycles. The number of phenols is 1. The first kappa shape index (κ1) is 45.7. The van der Waals surface area contributed by atoms with Gasteiger partial charge in [-0.3, -0.25) is 0 Å². The topological polar surface area (TPSA) is 60.7 Å². The number of hydrogen-bond donors (Lipinski definition) is 1. The van der Waals surface area contributed by atoms with Gasteiger partial charge in [0.2, 0.25) is 0 Å². The predicted molar refractivity (Wildman–Crippen MR) is 207 cm³/mol. The van der Waals surface area contributed by atoms with Gasteiger partial charge in [0, 0.05) is 32.5 Å². The molecule has 0 saturated carbocycles. The zero-order valence-electron chi connectivity index (χ0n) is 32.6. The Morgan fingerprint density at radius 1 is 0.745 bits per heavy atom. The molecule has 51 heavy (non-hydrogen) atoms. The third-order valence-corrected chi connectivity index (χ3v) is 8.33. The number of aryl methyl sites for hydroxylation is 5. The summed E-state index contributed by atoms with van der Waals surface area (Å²) < 4.78 is 44.1. The summed E-state index contributed by atoms with van der Waals surface area (Å²) in [6.45, 7) is 15.7. The van der Waals surface area contributed by atoms with Crippen LogP contribution in [0.2, 0.25) is 0 Å². The number of ether oxygens (including phenoxy) is 1. The number of halogens is 4. The number of aliphatic imine (C=N–C) groups is 2. The standard InChI is InChI=1S/C20H23F3N2O.C12H18N2O.C8H9Br.Na.H/c1-5-25(4)13-24-18-9-15(3)19(10-14(18)2)26-12-16-7-6-8-17(11-16)20(21,22)23;1-5-14(4)8-13-11-6-10(3)12(15)7-9(11)2;1-7-3-2-4-8(5-7)6-9;;/h6-11,13H,5,12H2,1-4H3;6-8,15H,5H2,1-4H3;2-5H,6H2,1H3;;/q;;;+1;-1. The molecule has 11 heteroatoms. The number of aromatic hydroxyl groups is 1. The van der Waals surface area contributed by atoms with Crippen LogP contribution >= 0.6 is 15.9 Å². The first-order valence-electron chi connectivity index (χ1n) is 16.4. The molecule has 4 rings (SSSR count). The van der Waals surface area contributed by atoms with Crippen molar-refractivity contribution in [3.63, 3.8) is 0 Å². The molecule has 0 amide bonds. The molecule has 272 valence electrons. The number of nitrogens with zero attached hydrogens (tertiary/aromatic N) is 4. The van der Waals surface area contributed by atoms with Crippen molar-refractivity contribution < 1.29 is 54.0 Å². The van der Waals surface area contributed by atoms with Crippen LogP contribution in [0.25, 0.3) is 0 Å². The minimum atomic E-state index is -4.35. The largest absolute Gasteiger partial charge is 1.00 e. The number of hydrogen-bond acceptors (Lipinski definition) is 4. The van der Waals surface area contributed by atoms with Gasteiger partial charge in [-0.2, -0.15) is 13.2 Å². The second-order valence-electron chi connectivity index (χ2n) is 12.1. The molecule has 0 bridgehead atoms. The average molecular weight is 780 g/mol. The van der Waals surface area contributed by atoms with E-state index >= 15 is 0 Å². The molecule has 4 aromatic carbocycles. The molecule has 0 radical (unpaired) electrons. The maximum atomic E-state index is 12.8. The van der Waals surface area contributed by atoms with Crippen LogP contribution in [0.3, 0.4) is 0 Å². The van der Waals surface area contributed by atoms with Gasteiger partial charge >= 0.3 is 35.7 Å². The Labute approximate surface area is 334 Å². The summed E-state index contributed by atoms with van der Waals surface area (Å²) in [4.78, 5) is 12.8. The Balaban J connectivity index is 0.000000843. The second kappa shape index (κ2) is 22.6. The summed E-state index contributed by atoms with van der Waals surface area (Å²) in [5.74, 6) is 0.970. The van der Waals surface area contributed by atoms with Crippen molar-refractivity contribution in [2.75, 3.05) is 27.2 Å². The summed E-state index contributed by atoms with van der Waals surface area (Å²) in [6, 6.07) is 21.1. The minimum absolute atomic E-state index is 0. The first-order chi connectivity index (χ1) is 23.6. The van der Waals surface area contributed by atoms with Gasteiger partial charge < -0.3 is 21.1 Å².